The lowest BCUT2D eigenvalue weighted by Crippen LogP contribution is -2.30. The van der Waals surface area contributed by atoms with Crippen LogP contribution in [0.3, 0.4) is 0 Å². The summed E-state index contributed by atoms with van der Waals surface area (Å²) in [7, 11) is 0. The third-order valence-electron chi connectivity index (χ3n) is 2.33. The first-order valence-electron chi connectivity index (χ1n) is 5.40. The molecule has 1 atom stereocenters. The largest absolute Gasteiger partial charge is 0.330 e. The summed E-state index contributed by atoms with van der Waals surface area (Å²) >= 11 is 0. The summed E-state index contributed by atoms with van der Waals surface area (Å²) in [5, 5.41) is 3.37. The molecule has 0 spiro atoms. The van der Waals surface area contributed by atoms with Crippen LogP contribution in [0.25, 0.3) is 0 Å². The third-order valence-corrected chi connectivity index (χ3v) is 2.33. The summed E-state index contributed by atoms with van der Waals surface area (Å²) < 4.78 is 12.6. The molecule has 0 aliphatic heterocycles. The Morgan fingerprint density at radius 1 is 1.33 bits per heavy atom. The van der Waals surface area contributed by atoms with Crippen LogP contribution in [-0.2, 0) is 6.42 Å². The molecule has 0 aliphatic carbocycles. The first kappa shape index (κ1) is 12.1. The minimum absolute atomic E-state index is 0.178. The number of nitrogens with two attached hydrogens (primary N) is 1. The molecule has 15 heavy (non-hydrogen) atoms. The Hall–Kier alpha value is -0.930. The van der Waals surface area contributed by atoms with Gasteiger partial charge in [0.2, 0.25) is 0 Å². The van der Waals surface area contributed by atoms with Crippen LogP contribution >= 0.6 is 0 Å². The molecule has 0 aliphatic rings. The summed E-state index contributed by atoms with van der Waals surface area (Å²) in [5.74, 6) is -0.178. The number of benzene rings is 1. The molecule has 0 amide bonds. The predicted octanol–water partition coefficient (Wildman–Crippen LogP) is 1.70. The zero-order valence-corrected chi connectivity index (χ0v) is 9.17. The van der Waals surface area contributed by atoms with Crippen molar-refractivity contribution >= 4 is 0 Å². The lowest BCUT2D eigenvalue weighted by molar-refractivity contribution is 0.536. The maximum atomic E-state index is 12.6. The van der Waals surface area contributed by atoms with Crippen LogP contribution in [0.2, 0.25) is 0 Å². The van der Waals surface area contributed by atoms with Crippen LogP contribution in [-0.4, -0.2) is 19.1 Å². The molecule has 0 saturated carbocycles. The van der Waals surface area contributed by atoms with E-state index < -0.39 is 0 Å². The van der Waals surface area contributed by atoms with Crippen molar-refractivity contribution in [3.63, 3.8) is 0 Å². The molecule has 1 rings (SSSR count). The molecule has 0 heterocycles. The first-order valence-corrected chi connectivity index (χ1v) is 5.40. The van der Waals surface area contributed by atoms with Gasteiger partial charge in [0, 0.05) is 6.04 Å². The molecule has 0 fully saturated rings. The van der Waals surface area contributed by atoms with E-state index >= 15 is 0 Å². The van der Waals surface area contributed by atoms with Crippen LogP contribution < -0.4 is 11.1 Å². The van der Waals surface area contributed by atoms with Crippen molar-refractivity contribution < 1.29 is 4.39 Å². The average molecular weight is 210 g/mol. The van der Waals surface area contributed by atoms with Crippen molar-refractivity contribution in [2.24, 2.45) is 5.73 Å². The zero-order valence-electron chi connectivity index (χ0n) is 9.17. The molecule has 1 unspecified atom stereocenters. The Kier molecular flexibility index (Phi) is 5.29. The molecule has 3 N–H and O–H groups in total. The Balaban J connectivity index is 2.31. The van der Waals surface area contributed by atoms with Crippen LogP contribution in [0, 0.1) is 5.82 Å². The molecular formula is C12H19FN2. The second-order valence-corrected chi connectivity index (χ2v) is 3.83. The van der Waals surface area contributed by atoms with Crippen molar-refractivity contribution in [3.05, 3.63) is 35.6 Å². The van der Waals surface area contributed by atoms with E-state index in [0.29, 0.717) is 6.04 Å². The van der Waals surface area contributed by atoms with Gasteiger partial charge in [0.1, 0.15) is 5.82 Å². The molecule has 0 radical (unpaired) electrons. The molecule has 2 nitrogen and oxygen atoms in total. The van der Waals surface area contributed by atoms with Crippen molar-refractivity contribution in [2.45, 2.75) is 25.8 Å². The molecule has 1 aromatic carbocycles. The highest BCUT2D eigenvalue weighted by molar-refractivity contribution is 5.16. The van der Waals surface area contributed by atoms with Gasteiger partial charge in [-0.05, 0) is 50.6 Å². The minimum Gasteiger partial charge on any atom is -0.330 e. The van der Waals surface area contributed by atoms with Crippen LogP contribution in [0.5, 0.6) is 0 Å². The highest BCUT2D eigenvalue weighted by Gasteiger charge is 2.02. The molecule has 0 saturated heterocycles. The van der Waals surface area contributed by atoms with Gasteiger partial charge >= 0.3 is 0 Å². The maximum Gasteiger partial charge on any atom is 0.123 e. The third kappa shape index (κ3) is 4.91. The van der Waals surface area contributed by atoms with E-state index in [1.54, 1.807) is 0 Å². The van der Waals surface area contributed by atoms with E-state index in [2.05, 4.69) is 12.2 Å². The quantitative estimate of drug-likeness (QED) is 0.701. The SMILES string of the molecule is CC(Cc1ccc(F)cc1)NCCCN. The first-order chi connectivity index (χ1) is 7.22. The van der Waals surface area contributed by atoms with Crippen LogP contribution in [0.4, 0.5) is 4.39 Å². The second kappa shape index (κ2) is 6.53. The molecule has 0 aromatic heterocycles. The monoisotopic (exact) mass is 210 g/mol. The lowest BCUT2D eigenvalue weighted by Gasteiger charge is -2.13. The highest BCUT2D eigenvalue weighted by Crippen LogP contribution is 2.05. The summed E-state index contributed by atoms with van der Waals surface area (Å²) in [5.41, 5.74) is 6.56. The number of hydrogen-bond donors (Lipinski definition) is 2. The molecule has 1 aromatic rings. The van der Waals surface area contributed by atoms with Crippen molar-refractivity contribution in [1.82, 2.24) is 5.32 Å². The number of hydrogen-bond acceptors (Lipinski definition) is 2. The van der Waals surface area contributed by atoms with Gasteiger partial charge in [0.05, 0.1) is 0 Å². The summed E-state index contributed by atoms with van der Waals surface area (Å²) in [6, 6.07) is 7.07. The van der Waals surface area contributed by atoms with E-state index in [1.807, 2.05) is 12.1 Å². The van der Waals surface area contributed by atoms with Crippen molar-refractivity contribution in [2.75, 3.05) is 13.1 Å². The van der Waals surface area contributed by atoms with Crippen LogP contribution in [0.15, 0.2) is 24.3 Å². The number of rotatable bonds is 6. The van der Waals surface area contributed by atoms with E-state index in [-0.39, 0.29) is 5.82 Å². The van der Waals surface area contributed by atoms with Gasteiger partial charge in [-0.15, -0.1) is 0 Å². The Bertz CT molecular complexity index is 271. The molecular weight excluding hydrogens is 191 g/mol. The fourth-order valence-electron chi connectivity index (χ4n) is 1.50. The molecule has 0 bridgehead atoms. The van der Waals surface area contributed by atoms with Gasteiger partial charge in [0.25, 0.3) is 0 Å². The van der Waals surface area contributed by atoms with E-state index in [0.717, 1.165) is 31.5 Å². The predicted molar refractivity (Wildman–Crippen MR) is 61.2 cm³/mol. The van der Waals surface area contributed by atoms with E-state index in [9.17, 15) is 4.39 Å². The van der Waals surface area contributed by atoms with Gasteiger partial charge in [-0.1, -0.05) is 12.1 Å². The summed E-state index contributed by atoms with van der Waals surface area (Å²) in [4.78, 5) is 0. The summed E-state index contributed by atoms with van der Waals surface area (Å²) in [6.07, 6.45) is 1.92. The molecule has 3 heteroatoms. The number of nitrogens with one attached hydrogen (secondary N) is 1. The van der Waals surface area contributed by atoms with E-state index in [1.165, 1.54) is 12.1 Å². The topological polar surface area (TPSA) is 38.0 Å². The zero-order chi connectivity index (χ0) is 11.1. The maximum absolute atomic E-state index is 12.6. The normalized spacial score (nSPS) is 12.7. The van der Waals surface area contributed by atoms with Crippen molar-refractivity contribution in [1.29, 1.82) is 0 Å². The van der Waals surface area contributed by atoms with Gasteiger partial charge in [-0.25, -0.2) is 4.39 Å². The smallest absolute Gasteiger partial charge is 0.123 e. The fraction of sp³-hybridized carbons (Fsp3) is 0.500. The Morgan fingerprint density at radius 2 is 2.00 bits per heavy atom. The Morgan fingerprint density at radius 3 is 2.60 bits per heavy atom. The van der Waals surface area contributed by atoms with Crippen molar-refractivity contribution in [3.8, 4) is 0 Å². The van der Waals surface area contributed by atoms with E-state index in [4.69, 9.17) is 5.73 Å². The number of halogens is 1. The standard InChI is InChI=1S/C12H19FN2/c1-10(15-8-2-7-14)9-11-3-5-12(13)6-4-11/h3-6,10,15H,2,7-9,14H2,1H3. The fourth-order valence-corrected chi connectivity index (χ4v) is 1.50. The highest BCUT2D eigenvalue weighted by atomic mass is 19.1. The average Bonchev–Trinajstić information content (AvgIpc) is 2.22. The summed E-state index contributed by atoms with van der Waals surface area (Å²) in [6.45, 7) is 3.79. The second-order valence-electron chi connectivity index (χ2n) is 3.83. The van der Waals surface area contributed by atoms with Gasteiger partial charge in [0.15, 0.2) is 0 Å². The van der Waals surface area contributed by atoms with Crippen LogP contribution in [0.1, 0.15) is 18.9 Å². The Labute approximate surface area is 90.7 Å². The lowest BCUT2D eigenvalue weighted by atomic mass is 10.1. The van der Waals surface area contributed by atoms with Gasteiger partial charge in [-0.3, -0.25) is 0 Å². The molecule has 84 valence electrons. The minimum atomic E-state index is -0.178. The van der Waals surface area contributed by atoms with Gasteiger partial charge < -0.3 is 11.1 Å². The van der Waals surface area contributed by atoms with Gasteiger partial charge in [-0.2, -0.15) is 0 Å².